The van der Waals surface area contributed by atoms with Crippen LogP contribution in [0.1, 0.15) is 6.42 Å². The number of hydrogen-bond donors (Lipinski definition) is 3. The molecular formula is C10H12BrFN2O. The highest BCUT2D eigenvalue weighted by molar-refractivity contribution is 9.10. The predicted octanol–water partition coefficient (Wildman–Crippen LogP) is 3.04. The first kappa shape index (κ1) is 11.8. The number of nitrogens with two attached hydrogens (primary N) is 1. The lowest BCUT2D eigenvalue weighted by atomic mass is 10.2. The third-order valence-electron chi connectivity index (χ3n) is 1.80. The molecule has 3 nitrogen and oxygen atoms in total. The molecule has 0 fully saturated rings. The van der Waals surface area contributed by atoms with E-state index >= 15 is 0 Å². The molecule has 0 spiro atoms. The molecule has 0 saturated heterocycles. The molecule has 0 aromatic heterocycles. The van der Waals surface area contributed by atoms with Crippen molar-refractivity contribution in [1.82, 2.24) is 0 Å². The zero-order chi connectivity index (χ0) is 11.4. The van der Waals surface area contributed by atoms with Gasteiger partial charge in [0.2, 0.25) is 0 Å². The van der Waals surface area contributed by atoms with E-state index in [2.05, 4.69) is 27.8 Å². The first-order chi connectivity index (χ1) is 7.00. The normalized spacial score (nSPS) is 10.0. The summed E-state index contributed by atoms with van der Waals surface area (Å²) in [6, 6.07) is 2.56. The predicted molar refractivity (Wildman–Crippen MR) is 63.4 cm³/mol. The SMILES string of the molecule is C=C(O)CCNc1c(N)cc(F)cc1Br. The van der Waals surface area contributed by atoms with Crippen molar-refractivity contribution in [1.29, 1.82) is 0 Å². The smallest absolute Gasteiger partial charge is 0.126 e. The van der Waals surface area contributed by atoms with Gasteiger partial charge in [-0.2, -0.15) is 0 Å². The number of anilines is 2. The van der Waals surface area contributed by atoms with E-state index in [1.54, 1.807) is 0 Å². The third-order valence-corrected chi connectivity index (χ3v) is 2.43. The lowest BCUT2D eigenvalue weighted by Crippen LogP contribution is -2.06. The second-order valence-electron chi connectivity index (χ2n) is 3.09. The van der Waals surface area contributed by atoms with Crippen LogP contribution in [0.2, 0.25) is 0 Å². The molecule has 0 amide bonds. The van der Waals surface area contributed by atoms with Gasteiger partial charge in [-0.05, 0) is 28.1 Å². The van der Waals surface area contributed by atoms with Gasteiger partial charge in [-0.1, -0.05) is 6.58 Å². The van der Waals surface area contributed by atoms with E-state index in [9.17, 15) is 4.39 Å². The fourth-order valence-electron chi connectivity index (χ4n) is 1.11. The first-order valence-electron chi connectivity index (χ1n) is 4.36. The van der Waals surface area contributed by atoms with Crippen LogP contribution in [0.4, 0.5) is 15.8 Å². The summed E-state index contributed by atoms with van der Waals surface area (Å²) < 4.78 is 13.4. The second-order valence-corrected chi connectivity index (χ2v) is 3.95. The largest absolute Gasteiger partial charge is 0.513 e. The Morgan fingerprint density at radius 3 is 2.80 bits per heavy atom. The summed E-state index contributed by atoms with van der Waals surface area (Å²) in [7, 11) is 0. The number of hydrogen-bond acceptors (Lipinski definition) is 3. The molecule has 15 heavy (non-hydrogen) atoms. The lowest BCUT2D eigenvalue weighted by molar-refractivity contribution is 0.395. The van der Waals surface area contributed by atoms with E-state index < -0.39 is 5.82 Å². The van der Waals surface area contributed by atoms with Crippen LogP contribution in [0.25, 0.3) is 0 Å². The minimum Gasteiger partial charge on any atom is -0.513 e. The van der Waals surface area contributed by atoms with Gasteiger partial charge >= 0.3 is 0 Å². The fourth-order valence-corrected chi connectivity index (χ4v) is 1.70. The van der Waals surface area contributed by atoms with Gasteiger partial charge in [0.05, 0.1) is 17.1 Å². The molecule has 0 aliphatic carbocycles. The van der Waals surface area contributed by atoms with Gasteiger partial charge in [0.1, 0.15) is 5.82 Å². The summed E-state index contributed by atoms with van der Waals surface area (Å²) >= 11 is 3.20. The van der Waals surface area contributed by atoms with Crippen LogP contribution >= 0.6 is 15.9 Å². The monoisotopic (exact) mass is 274 g/mol. The maximum atomic E-state index is 12.9. The molecule has 82 valence electrons. The van der Waals surface area contributed by atoms with Gasteiger partial charge in [-0.25, -0.2) is 4.39 Å². The van der Waals surface area contributed by atoms with Crippen LogP contribution in [0, 0.1) is 5.82 Å². The quantitative estimate of drug-likeness (QED) is 0.584. The van der Waals surface area contributed by atoms with Gasteiger partial charge in [-0.15, -0.1) is 0 Å². The van der Waals surface area contributed by atoms with Crippen molar-refractivity contribution < 1.29 is 9.50 Å². The minimum atomic E-state index is -0.392. The summed E-state index contributed by atoms with van der Waals surface area (Å²) in [5, 5.41) is 11.9. The standard InChI is InChI=1S/C10H12BrFN2O/c1-6(15)2-3-14-10-8(11)4-7(12)5-9(10)13/h4-5,14-15H,1-3,13H2. The summed E-state index contributed by atoms with van der Waals surface area (Å²) in [5.74, 6) is -0.296. The maximum absolute atomic E-state index is 12.9. The molecule has 0 atom stereocenters. The van der Waals surface area contributed by atoms with Crippen molar-refractivity contribution in [2.45, 2.75) is 6.42 Å². The molecule has 0 bridgehead atoms. The summed E-state index contributed by atoms with van der Waals surface area (Å²) in [4.78, 5) is 0. The number of nitrogens with one attached hydrogen (secondary N) is 1. The van der Waals surface area contributed by atoms with Crippen LogP contribution in [0.5, 0.6) is 0 Å². The van der Waals surface area contributed by atoms with E-state index in [-0.39, 0.29) is 5.76 Å². The van der Waals surface area contributed by atoms with E-state index in [0.717, 1.165) is 0 Å². The van der Waals surface area contributed by atoms with Gasteiger partial charge in [0.15, 0.2) is 0 Å². The number of rotatable bonds is 4. The van der Waals surface area contributed by atoms with E-state index in [4.69, 9.17) is 10.8 Å². The number of benzene rings is 1. The maximum Gasteiger partial charge on any atom is 0.126 e. The van der Waals surface area contributed by atoms with Gasteiger partial charge < -0.3 is 16.2 Å². The topological polar surface area (TPSA) is 58.3 Å². The van der Waals surface area contributed by atoms with E-state index in [1.165, 1.54) is 12.1 Å². The molecule has 0 heterocycles. The van der Waals surface area contributed by atoms with Crippen molar-refractivity contribution in [3.63, 3.8) is 0 Å². The fraction of sp³-hybridized carbons (Fsp3) is 0.200. The average molecular weight is 275 g/mol. The minimum absolute atomic E-state index is 0.0966. The molecule has 4 N–H and O–H groups in total. The number of halogens is 2. The molecule has 1 aromatic carbocycles. The van der Waals surface area contributed by atoms with Crippen molar-refractivity contribution in [3.05, 3.63) is 34.8 Å². The lowest BCUT2D eigenvalue weighted by Gasteiger charge is -2.11. The number of nitrogen functional groups attached to an aromatic ring is 1. The molecular weight excluding hydrogens is 263 g/mol. The Morgan fingerprint density at radius 2 is 2.27 bits per heavy atom. The third kappa shape index (κ3) is 3.43. The zero-order valence-corrected chi connectivity index (χ0v) is 9.64. The van der Waals surface area contributed by atoms with Gasteiger partial charge in [-0.3, -0.25) is 0 Å². The van der Waals surface area contributed by atoms with Gasteiger partial charge in [0.25, 0.3) is 0 Å². The Hall–Kier alpha value is -1.23. The Labute approximate surface area is 95.9 Å². The van der Waals surface area contributed by atoms with Crippen LogP contribution in [-0.2, 0) is 0 Å². The summed E-state index contributed by atoms with van der Waals surface area (Å²) in [5.41, 5.74) is 6.57. The van der Waals surface area contributed by atoms with Crippen molar-refractivity contribution in [2.75, 3.05) is 17.6 Å². The molecule has 0 radical (unpaired) electrons. The van der Waals surface area contributed by atoms with Crippen LogP contribution < -0.4 is 11.1 Å². The molecule has 0 aliphatic heterocycles. The van der Waals surface area contributed by atoms with Crippen LogP contribution in [-0.4, -0.2) is 11.7 Å². The highest BCUT2D eigenvalue weighted by atomic mass is 79.9. The second kappa shape index (κ2) is 5.02. The Balaban J connectivity index is 2.72. The highest BCUT2D eigenvalue weighted by Gasteiger charge is 2.06. The van der Waals surface area contributed by atoms with Crippen molar-refractivity contribution in [2.24, 2.45) is 0 Å². The summed E-state index contributed by atoms with van der Waals surface area (Å²) in [6.07, 6.45) is 0.420. The molecule has 0 saturated carbocycles. The van der Waals surface area contributed by atoms with Crippen LogP contribution in [0.3, 0.4) is 0 Å². The molecule has 5 heteroatoms. The Bertz CT molecular complexity index is 359. The molecule has 0 aliphatic rings. The molecule has 1 rings (SSSR count). The van der Waals surface area contributed by atoms with Gasteiger partial charge in [0, 0.05) is 17.4 Å². The summed E-state index contributed by atoms with van der Waals surface area (Å²) in [6.45, 7) is 3.85. The van der Waals surface area contributed by atoms with E-state index in [0.29, 0.717) is 28.8 Å². The molecule has 0 unspecified atom stereocenters. The average Bonchev–Trinajstić information content (AvgIpc) is 2.08. The Kier molecular flexibility index (Phi) is 3.96. The Morgan fingerprint density at radius 1 is 1.60 bits per heavy atom. The van der Waals surface area contributed by atoms with Crippen molar-refractivity contribution in [3.8, 4) is 0 Å². The number of aliphatic hydroxyl groups is 1. The van der Waals surface area contributed by atoms with E-state index in [1.807, 2.05) is 0 Å². The highest BCUT2D eigenvalue weighted by Crippen LogP contribution is 2.29. The molecule has 1 aromatic rings. The first-order valence-corrected chi connectivity index (χ1v) is 5.15. The van der Waals surface area contributed by atoms with Crippen LogP contribution in [0.15, 0.2) is 28.9 Å². The number of aliphatic hydroxyl groups excluding tert-OH is 1. The zero-order valence-electron chi connectivity index (χ0n) is 8.06. The van der Waals surface area contributed by atoms with Crippen molar-refractivity contribution >= 4 is 27.3 Å².